The Morgan fingerprint density at radius 3 is 2.68 bits per heavy atom. The molecule has 0 spiro atoms. The molecule has 7 heteroatoms. The Labute approximate surface area is 111 Å². The summed E-state index contributed by atoms with van der Waals surface area (Å²) in [6.45, 7) is 0. The first-order valence-corrected chi connectivity index (χ1v) is 5.57. The van der Waals surface area contributed by atoms with E-state index in [2.05, 4.69) is 0 Å². The zero-order chi connectivity index (χ0) is 14.0. The monoisotopic (exact) mass is 283 g/mol. The minimum atomic E-state index is -0.757. The number of hydrogen-bond donors (Lipinski definition) is 0. The van der Waals surface area contributed by atoms with Crippen LogP contribution in [0.4, 0.5) is 10.3 Å². The van der Waals surface area contributed by atoms with Crippen molar-refractivity contribution in [3.8, 4) is 0 Å². The van der Waals surface area contributed by atoms with Gasteiger partial charge in [0.1, 0.15) is 10.7 Å². The molecule has 0 aliphatic carbocycles. The molecule has 0 fully saturated rings. The molecule has 0 N–H and O–H groups in total. The predicted octanol–water partition coefficient (Wildman–Crippen LogP) is 3.41. The summed E-state index contributed by atoms with van der Waals surface area (Å²) in [7, 11) is 0. The normalized spacial score (nSPS) is 10.4. The van der Waals surface area contributed by atoms with Crippen molar-refractivity contribution in [3.05, 3.63) is 62.6 Å². The summed E-state index contributed by atoms with van der Waals surface area (Å²) in [5.41, 5.74) is 0.0354. The van der Waals surface area contributed by atoms with E-state index in [4.69, 9.17) is 16.0 Å². The van der Waals surface area contributed by atoms with Crippen LogP contribution in [0.3, 0.4) is 0 Å². The van der Waals surface area contributed by atoms with E-state index >= 15 is 0 Å². The van der Waals surface area contributed by atoms with Crippen molar-refractivity contribution in [1.29, 1.82) is 0 Å². The SMILES string of the molecule is O=C(Cc1c(F)cccc1Cl)c1ccc([N+](=O)[O-])o1. The Bertz CT molecular complexity index is 633. The highest BCUT2D eigenvalue weighted by Gasteiger charge is 2.19. The number of halogens is 2. The number of nitrogens with zero attached hydrogens (tertiary/aromatic N) is 1. The number of carbonyl (C=O) groups excluding carboxylic acids is 1. The minimum Gasteiger partial charge on any atom is -0.397 e. The third-order valence-electron chi connectivity index (χ3n) is 2.45. The van der Waals surface area contributed by atoms with Gasteiger partial charge in [0.15, 0.2) is 5.76 Å². The summed E-state index contributed by atoms with van der Waals surface area (Å²) >= 11 is 5.79. The van der Waals surface area contributed by atoms with Crippen LogP contribution in [0.25, 0.3) is 0 Å². The van der Waals surface area contributed by atoms with Crippen LogP contribution in [0, 0.1) is 15.9 Å². The second-order valence-corrected chi connectivity index (χ2v) is 4.10. The standard InChI is InChI=1S/C12H7ClFNO4/c13-8-2-1-3-9(14)7(8)6-10(16)11-4-5-12(19-11)15(17)18/h1-5H,6H2. The molecule has 0 aliphatic heterocycles. The molecule has 0 saturated heterocycles. The summed E-state index contributed by atoms with van der Waals surface area (Å²) in [5, 5.41) is 10.5. The van der Waals surface area contributed by atoms with Crippen molar-refractivity contribution >= 4 is 23.3 Å². The molecule has 0 unspecified atom stereocenters. The lowest BCUT2D eigenvalue weighted by atomic mass is 10.1. The van der Waals surface area contributed by atoms with E-state index in [9.17, 15) is 19.3 Å². The van der Waals surface area contributed by atoms with Gasteiger partial charge in [0.25, 0.3) is 0 Å². The zero-order valence-corrected chi connectivity index (χ0v) is 10.2. The lowest BCUT2D eigenvalue weighted by molar-refractivity contribution is -0.402. The number of carbonyl (C=O) groups is 1. The van der Waals surface area contributed by atoms with Gasteiger partial charge in [-0.25, -0.2) is 4.39 Å². The van der Waals surface area contributed by atoms with Gasteiger partial charge in [0, 0.05) is 17.0 Å². The van der Waals surface area contributed by atoms with Crippen molar-refractivity contribution in [2.24, 2.45) is 0 Å². The van der Waals surface area contributed by atoms with Gasteiger partial charge in [0.2, 0.25) is 5.78 Å². The van der Waals surface area contributed by atoms with Crippen molar-refractivity contribution in [3.63, 3.8) is 0 Å². The largest absolute Gasteiger partial charge is 0.433 e. The number of ketones is 1. The molecule has 0 aliphatic rings. The van der Waals surface area contributed by atoms with Crippen molar-refractivity contribution in [1.82, 2.24) is 0 Å². The van der Waals surface area contributed by atoms with Crippen LogP contribution in [0.2, 0.25) is 5.02 Å². The van der Waals surface area contributed by atoms with Crippen LogP contribution in [0.1, 0.15) is 16.1 Å². The Morgan fingerprint density at radius 2 is 2.11 bits per heavy atom. The van der Waals surface area contributed by atoms with Gasteiger partial charge < -0.3 is 4.42 Å². The maximum atomic E-state index is 13.5. The molecule has 1 aromatic carbocycles. The fourth-order valence-electron chi connectivity index (χ4n) is 1.52. The Balaban J connectivity index is 2.23. The summed E-state index contributed by atoms with van der Waals surface area (Å²) in [5.74, 6) is -1.93. The van der Waals surface area contributed by atoms with Crippen LogP contribution in [-0.4, -0.2) is 10.7 Å². The van der Waals surface area contributed by atoms with Gasteiger partial charge in [-0.05, 0) is 18.2 Å². The second-order valence-electron chi connectivity index (χ2n) is 3.70. The van der Waals surface area contributed by atoms with Gasteiger partial charge in [0.05, 0.1) is 6.07 Å². The van der Waals surface area contributed by atoms with Gasteiger partial charge >= 0.3 is 5.88 Å². The second kappa shape index (κ2) is 5.19. The molecule has 1 aromatic heterocycles. The molecule has 2 aromatic rings. The van der Waals surface area contributed by atoms with E-state index < -0.39 is 22.4 Å². The average Bonchev–Trinajstić information content (AvgIpc) is 2.83. The highest BCUT2D eigenvalue weighted by molar-refractivity contribution is 6.31. The molecule has 2 rings (SSSR count). The van der Waals surface area contributed by atoms with E-state index in [0.29, 0.717) is 0 Å². The Morgan fingerprint density at radius 1 is 1.37 bits per heavy atom. The lowest BCUT2D eigenvalue weighted by Crippen LogP contribution is -2.04. The van der Waals surface area contributed by atoms with Crippen molar-refractivity contribution in [2.75, 3.05) is 0 Å². The van der Waals surface area contributed by atoms with Gasteiger partial charge in [-0.15, -0.1) is 0 Å². The quantitative estimate of drug-likeness (QED) is 0.489. The van der Waals surface area contributed by atoms with Crippen molar-refractivity contribution < 1.29 is 18.5 Å². The van der Waals surface area contributed by atoms with E-state index in [1.54, 1.807) is 0 Å². The smallest absolute Gasteiger partial charge is 0.397 e. The number of hydrogen-bond acceptors (Lipinski definition) is 4. The molecule has 98 valence electrons. The number of furan rings is 1. The van der Waals surface area contributed by atoms with Crippen LogP contribution in [-0.2, 0) is 6.42 Å². The fourth-order valence-corrected chi connectivity index (χ4v) is 1.75. The van der Waals surface area contributed by atoms with E-state index in [1.807, 2.05) is 0 Å². The predicted molar refractivity (Wildman–Crippen MR) is 64.8 cm³/mol. The molecule has 0 radical (unpaired) electrons. The first-order valence-electron chi connectivity index (χ1n) is 5.19. The average molecular weight is 284 g/mol. The minimum absolute atomic E-state index is 0.0354. The van der Waals surface area contributed by atoms with Gasteiger partial charge in [-0.3, -0.25) is 14.9 Å². The van der Waals surface area contributed by atoms with Crippen molar-refractivity contribution in [2.45, 2.75) is 6.42 Å². The summed E-state index contributed by atoms with van der Waals surface area (Å²) in [4.78, 5) is 21.5. The highest BCUT2D eigenvalue weighted by Crippen LogP contribution is 2.22. The number of Topliss-reactive ketones (excluding diaryl/α,β-unsaturated/α-hetero) is 1. The molecule has 5 nitrogen and oxygen atoms in total. The van der Waals surface area contributed by atoms with E-state index in [0.717, 1.165) is 6.07 Å². The Hall–Kier alpha value is -2.21. The maximum Gasteiger partial charge on any atom is 0.433 e. The first kappa shape index (κ1) is 13.2. The molecule has 0 bridgehead atoms. The summed E-state index contributed by atoms with van der Waals surface area (Å²) < 4.78 is 18.2. The zero-order valence-electron chi connectivity index (χ0n) is 9.43. The fraction of sp³-hybridized carbons (Fsp3) is 0.0833. The Kier molecular flexibility index (Phi) is 3.62. The maximum absolute atomic E-state index is 13.5. The molecule has 0 amide bonds. The number of rotatable bonds is 4. The van der Waals surface area contributed by atoms with Gasteiger partial charge in [-0.2, -0.15) is 0 Å². The molecule has 0 atom stereocenters. The molecule has 19 heavy (non-hydrogen) atoms. The van der Waals surface area contributed by atoms with Gasteiger partial charge in [-0.1, -0.05) is 17.7 Å². The number of nitro groups is 1. The molecule has 1 heterocycles. The van der Waals surface area contributed by atoms with Crippen LogP contribution in [0.15, 0.2) is 34.7 Å². The van der Waals surface area contributed by atoms with Crippen LogP contribution < -0.4 is 0 Å². The van der Waals surface area contributed by atoms with Crippen LogP contribution in [0.5, 0.6) is 0 Å². The van der Waals surface area contributed by atoms with Crippen LogP contribution >= 0.6 is 11.6 Å². The topological polar surface area (TPSA) is 73.3 Å². The van der Waals surface area contributed by atoms with E-state index in [1.165, 1.54) is 24.3 Å². The molecule has 0 saturated carbocycles. The summed E-state index contributed by atoms with van der Waals surface area (Å²) in [6.07, 6.45) is -0.323. The van der Waals surface area contributed by atoms with E-state index in [-0.39, 0.29) is 22.8 Å². The molecular formula is C12H7ClFNO4. The third kappa shape index (κ3) is 2.79. The highest BCUT2D eigenvalue weighted by atomic mass is 35.5. The lowest BCUT2D eigenvalue weighted by Gasteiger charge is -2.03. The first-order chi connectivity index (χ1) is 8.99. The molecular weight excluding hydrogens is 277 g/mol. The summed E-state index contributed by atoms with van der Waals surface area (Å²) in [6, 6.07) is 6.30. The third-order valence-corrected chi connectivity index (χ3v) is 2.80. The number of benzene rings is 1.